The monoisotopic (exact) mass is 330 g/mol. The van der Waals surface area contributed by atoms with Crippen molar-refractivity contribution in [2.24, 2.45) is 0 Å². The fraction of sp³-hybridized carbons (Fsp3) is 0.286. The Balaban J connectivity index is 1.30. The first-order valence-electron chi connectivity index (χ1n) is 9.08. The highest BCUT2D eigenvalue weighted by molar-refractivity contribution is 5.83. The zero-order valence-corrected chi connectivity index (χ0v) is 14.2. The zero-order chi connectivity index (χ0) is 16.6. The normalized spacial score (nSPS) is 16.8. The largest absolute Gasteiger partial charge is 0.361 e. The Morgan fingerprint density at radius 2 is 1.76 bits per heavy atom. The predicted octanol–water partition coefficient (Wildman–Crippen LogP) is 4.42. The number of hydrogen-bond acceptors (Lipinski definition) is 2. The first-order valence-corrected chi connectivity index (χ1v) is 9.08. The molecule has 5 rings (SSSR count). The number of pyridine rings is 1. The number of H-pyrrole nitrogens is 2. The molecule has 0 saturated carbocycles. The average Bonchev–Trinajstić information content (AvgIpc) is 3.27. The molecule has 1 saturated heterocycles. The second-order valence-electron chi connectivity index (χ2n) is 7.05. The van der Waals surface area contributed by atoms with Crippen LogP contribution >= 0.6 is 0 Å². The van der Waals surface area contributed by atoms with Gasteiger partial charge in [-0.15, -0.1) is 0 Å². The van der Waals surface area contributed by atoms with Crippen LogP contribution in [0.5, 0.6) is 0 Å². The molecular weight excluding hydrogens is 308 g/mol. The lowest BCUT2D eigenvalue weighted by molar-refractivity contribution is 0.205. The highest BCUT2D eigenvalue weighted by Gasteiger charge is 2.23. The molecule has 4 nitrogen and oxygen atoms in total. The molecule has 0 aliphatic carbocycles. The van der Waals surface area contributed by atoms with Gasteiger partial charge in [-0.2, -0.15) is 0 Å². The smallest absolute Gasteiger partial charge is 0.0913 e. The second-order valence-corrected chi connectivity index (χ2v) is 7.05. The molecule has 1 fully saturated rings. The number of fused-ring (bicyclic) bond motifs is 2. The van der Waals surface area contributed by atoms with Crippen LogP contribution in [0.15, 0.2) is 55.0 Å². The molecule has 0 amide bonds. The minimum atomic E-state index is 0.614. The van der Waals surface area contributed by atoms with Crippen molar-refractivity contribution >= 4 is 21.9 Å². The van der Waals surface area contributed by atoms with Crippen LogP contribution in [0.1, 0.15) is 29.9 Å². The summed E-state index contributed by atoms with van der Waals surface area (Å²) in [6, 6.07) is 12.7. The number of para-hydroxylation sites is 1. The topological polar surface area (TPSA) is 47.7 Å². The molecule has 4 heterocycles. The molecule has 0 unspecified atom stereocenters. The van der Waals surface area contributed by atoms with Gasteiger partial charge in [0.2, 0.25) is 0 Å². The Labute approximate surface area is 146 Å². The maximum absolute atomic E-state index is 4.58. The summed E-state index contributed by atoms with van der Waals surface area (Å²) in [4.78, 5) is 13.9. The van der Waals surface area contributed by atoms with E-state index in [1.807, 2.05) is 12.3 Å². The van der Waals surface area contributed by atoms with Gasteiger partial charge in [0.15, 0.2) is 0 Å². The van der Waals surface area contributed by atoms with Gasteiger partial charge in [-0.3, -0.25) is 9.88 Å². The van der Waals surface area contributed by atoms with Gasteiger partial charge in [-0.1, -0.05) is 18.2 Å². The molecule has 3 aromatic heterocycles. The third-order valence-corrected chi connectivity index (χ3v) is 5.56. The van der Waals surface area contributed by atoms with Crippen molar-refractivity contribution in [3.05, 3.63) is 66.1 Å². The number of aromatic amines is 2. The SMILES string of the molecule is c1ccc2c(CN3CCC(c4c[nH]c5cccnc45)CC3)c[nH]c2c1. The van der Waals surface area contributed by atoms with E-state index in [0.717, 1.165) is 30.7 Å². The van der Waals surface area contributed by atoms with E-state index in [1.165, 1.54) is 34.9 Å². The molecule has 4 aromatic rings. The summed E-state index contributed by atoms with van der Waals surface area (Å²) in [5.74, 6) is 0.614. The number of aromatic nitrogens is 3. The summed E-state index contributed by atoms with van der Waals surface area (Å²) < 4.78 is 0. The number of piperidine rings is 1. The number of rotatable bonds is 3. The lowest BCUT2D eigenvalue weighted by Gasteiger charge is -2.31. The third kappa shape index (κ3) is 2.63. The number of hydrogen-bond donors (Lipinski definition) is 2. The Morgan fingerprint density at radius 3 is 2.68 bits per heavy atom. The summed E-state index contributed by atoms with van der Waals surface area (Å²) >= 11 is 0. The van der Waals surface area contributed by atoms with Crippen LogP contribution in [0, 0.1) is 0 Å². The van der Waals surface area contributed by atoms with Gasteiger partial charge in [-0.05, 0) is 61.2 Å². The van der Waals surface area contributed by atoms with Crippen LogP contribution in [0.3, 0.4) is 0 Å². The molecule has 25 heavy (non-hydrogen) atoms. The van der Waals surface area contributed by atoms with E-state index in [-0.39, 0.29) is 0 Å². The molecule has 0 spiro atoms. The highest BCUT2D eigenvalue weighted by atomic mass is 15.1. The van der Waals surface area contributed by atoms with Gasteiger partial charge in [0, 0.05) is 36.0 Å². The second kappa shape index (κ2) is 6.05. The van der Waals surface area contributed by atoms with E-state index < -0.39 is 0 Å². The zero-order valence-electron chi connectivity index (χ0n) is 14.2. The van der Waals surface area contributed by atoms with Gasteiger partial charge in [-0.25, -0.2) is 0 Å². The summed E-state index contributed by atoms with van der Waals surface area (Å²) in [5, 5.41) is 1.35. The van der Waals surface area contributed by atoms with Crippen molar-refractivity contribution in [1.82, 2.24) is 19.9 Å². The number of benzene rings is 1. The maximum Gasteiger partial charge on any atom is 0.0913 e. The molecule has 1 aliphatic rings. The molecule has 1 aromatic carbocycles. The Morgan fingerprint density at radius 1 is 0.960 bits per heavy atom. The van der Waals surface area contributed by atoms with E-state index in [1.54, 1.807) is 0 Å². The van der Waals surface area contributed by atoms with Crippen molar-refractivity contribution in [3.8, 4) is 0 Å². The molecule has 2 N–H and O–H groups in total. The van der Waals surface area contributed by atoms with Crippen LogP contribution in [-0.2, 0) is 6.54 Å². The highest BCUT2D eigenvalue weighted by Crippen LogP contribution is 2.33. The fourth-order valence-corrected chi connectivity index (χ4v) is 4.19. The van der Waals surface area contributed by atoms with Crippen molar-refractivity contribution in [2.75, 3.05) is 13.1 Å². The van der Waals surface area contributed by atoms with Crippen LogP contribution in [-0.4, -0.2) is 32.9 Å². The van der Waals surface area contributed by atoms with Crippen molar-refractivity contribution in [2.45, 2.75) is 25.3 Å². The van der Waals surface area contributed by atoms with Crippen molar-refractivity contribution < 1.29 is 0 Å². The molecule has 0 bridgehead atoms. The van der Waals surface area contributed by atoms with Gasteiger partial charge in [0.1, 0.15) is 0 Å². The summed E-state index contributed by atoms with van der Waals surface area (Å²) in [5.41, 5.74) is 6.33. The Bertz CT molecular complexity index is 1000. The molecule has 4 heteroatoms. The van der Waals surface area contributed by atoms with Crippen LogP contribution in [0.2, 0.25) is 0 Å². The molecule has 1 aliphatic heterocycles. The van der Waals surface area contributed by atoms with Gasteiger partial charge < -0.3 is 9.97 Å². The maximum atomic E-state index is 4.58. The molecule has 0 radical (unpaired) electrons. The van der Waals surface area contributed by atoms with Crippen LogP contribution in [0.4, 0.5) is 0 Å². The van der Waals surface area contributed by atoms with Gasteiger partial charge >= 0.3 is 0 Å². The van der Waals surface area contributed by atoms with E-state index in [2.05, 4.69) is 62.6 Å². The quantitative estimate of drug-likeness (QED) is 0.584. The van der Waals surface area contributed by atoms with Crippen LogP contribution < -0.4 is 0 Å². The van der Waals surface area contributed by atoms with E-state index in [4.69, 9.17) is 0 Å². The minimum Gasteiger partial charge on any atom is -0.361 e. The summed E-state index contributed by atoms with van der Waals surface area (Å²) in [6.07, 6.45) is 8.63. The average molecular weight is 330 g/mol. The first kappa shape index (κ1) is 14.7. The van der Waals surface area contributed by atoms with E-state index in [0.29, 0.717) is 5.92 Å². The standard InChI is InChI=1S/C21H22N4/c1-2-5-19-17(4-1)16(12-23-19)14-25-10-7-15(8-11-25)18-13-24-20-6-3-9-22-21(18)20/h1-6,9,12-13,15,23-24H,7-8,10-11,14H2. The predicted molar refractivity (Wildman–Crippen MR) is 102 cm³/mol. The number of likely N-dealkylation sites (tertiary alicyclic amines) is 1. The summed E-state index contributed by atoms with van der Waals surface area (Å²) in [7, 11) is 0. The van der Waals surface area contributed by atoms with Crippen LogP contribution in [0.25, 0.3) is 21.9 Å². The molecule has 0 atom stereocenters. The number of nitrogens with one attached hydrogen (secondary N) is 2. The first-order chi connectivity index (χ1) is 12.4. The third-order valence-electron chi connectivity index (χ3n) is 5.56. The lowest BCUT2D eigenvalue weighted by Crippen LogP contribution is -2.32. The Hall–Kier alpha value is -2.59. The van der Waals surface area contributed by atoms with E-state index in [9.17, 15) is 0 Å². The molecular formula is C21H22N4. The Kier molecular flexibility index (Phi) is 3.56. The van der Waals surface area contributed by atoms with Gasteiger partial charge in [0.05, 0.1) is 11.0 Å². The number of nitrogens with zero attached hydrogens (tertiary/aromatic N) is 2. The fourth-order valence-electron chi connectivity index (χ4n) is 4.19. The summed E-state index contributed by atoms with van der Waals surface area (Å²) in [6.45, 7) is 3.32. The van der Waals surface area contributed by atoms with Crippen molar-refractivity contribution in [3.63, 3.8) is 0 Å². The van der Waals surface area contributed by atoms with Gasteiger partial charge in [0.25, 0.3) is 0 Å². The lowest BCUT2D eigenvalue weighted by atomic mass is 9.90. The van der Waals surface area contributed by atoms with Crippen molar-refractivity contribution in [1.29, 1.82) is 0 Å². The minimum absolute atomic E-state index is 0.614. The van der Waals surface area contributed by atoms with E-state index >= 15 is 0 Å². The molecule has 126 valence electrons.